The van der Waals surface area contributed by atoms with Crippen LogP contribution in [0.3, 0.4) is 0 Å². The molecular weight excluding hydrogens is 510 g/mol. The minimum atomic E-state index is -4.09. The van der Waals surface area contributed by atoms with Crippen LogP contribution in [-0.4, -0.2) is 30.1 Å². The first kappa shape index (κ1) is 26.0. The van der Waals surface area contributed by atoms with Crippen LogP contribution in [0.2, 0.25) is 0 Å². The van der Waals surface area contributed by atoms with Crippen LogP contribution < -0.4 is 15.4 Å². The van der Waals surface area contributed by atoms with Gasteiger partial charge in [-0.2, -0.15) is 0 Å². The van der Waals surface area contributed by atoms with Crippen molar-refractivity contribution in [1.29, 1.82) is 0 Å². The summed E-state index contributed by atoms with van der Waals surface area (Å²) in [7, 11) is -4.09. The number of nitrogens with one attached hydrogen (secondary N) is 3. The number of benzene rings is 3. The molecule has 0 saturated carbocycles. The van der Waals surface area contributed by atoms with Crippen molar-refractivity contribution in [3.63, 3.8) is 0 Å². The highest BCUT2D eigenvalue weighted by molar-refractivity contribution is 7.90. The van der Waals surface area contributed by atoms with Crippen molar-refractivity contribution < 1.29 is 22.9 Å². The Balaban J connectivity index is 1.47. The predicted molar refractivity (Wildman–Crippen MR) is 140 cm³/mol. The number of aromatic nitrogens is 1. The standard InChI is InChI=1S/C26H21N5O6S/c32-25(19-12-13-23(24(16-19)31(34)35)28-17-21-8-4-5-14-27-21)29-20-9-6-7-18(15-20)26(33)30-38(36,37)22-10-2-1-3-11-22/h1-16,28H,17H2,(H,29,32)(H,30,33). The van der Waals surface area contributed by atoms with Gasteiger partial charge in [0.05, 0.1) is 22.1 Å². The zero-order valence-electron chi connectivity index (χ0n) is 19.7. The average Bonchev–Trinajstić information content (AvgIpc) is 2.92. The molecule has 1 aromatic heterocycles. The largest absolute Gasteiger partial charge is 0.374 e. The number of hydrogen-bond donors (Lipinski definition) is 3. The number of nitrogens with zero attached hydrogens (tertiary/aromatic N) is 2. The second-order valence-electron chi connectivity index (χ2n) is 7.95. The number of anilines is 2. The normalized spacial score (nSPS) is 10.8. The molecule has 0 saturated heterocycles. The molecule has 1 heterocycles. The van der Waals surface area contributed by atoms with Crippen LogP contribution in [0.4, 0.5) is 17.1 Å². The predicted octanol–water partition coefficient (Wildman–Crippen LogP) is 3.97. The quantitative estimate of drug-likeness (QED) is 0.216. The van der Waals surface area contributed by atoms with E-state index in [2.05, 4.69) is 15.6 Å². The molecule has 4 aromatic rings. The van der Waals surface area contributed by atoms with Gasteiger partial charge in [-0.25, -0.2) is 13.1 Å². The van der Waals surface area contributed by atoms with Crippen LogP contribution in [-0.2, 0) is 16.6 Å². The molecule has 0 aliphatic heterocycles. The fourth-order valence-corrected chi connectivity index (χ4v) is 4.44. The number of pyridine rings is 1. The molecule has 38 heavy (non-hydrogen) atoms. The van der Waals surface area contributed by atoms with Gasteiger partial charge in [-0.05, 0) is 54.6 Å². The smallest absolute Gasteiger partial charge is 0.293 e. The highest BCUT2D eigenvalue weighted by Gasteiger charge is 2.20. The number of rotatable bonds is 9. The molecule has 0 radical (unpaired) electrons. The summed E-state index contributed by atoms with van der Waals surface area (Å²) in [5.41, 5.74) is 0.802. The lowest BCUT2D eigenvalue weighted by atomic mass is 10.1. The van der Waals surface area contributed by atoms with E-state index >= 15 is 0 Å². The van der Waals surface area contributed by atoms with E-state index in [0.717, 1.165) is 6.07 Å². The first-order valence-electron chi connectivity index (χ1n) is 11.2. The topological polar surface area (TPSA) is 160 Å². The number of sulfonamides is 1. The number of amides is 2. The number of carbonyl (C=O) groups is 2. The third kappa shape index (κ3) is 6.36. The molecular formula is C26H21N5O6S. The Labute approximate surface area is 217 Å². The summed E-state index contributed by atoms with van der Waals surface area (Å²) in [6.45, 7) is 0.252. The summed E-state index contributed by atoms with van der Waals surface area (Å²) in [6, 6.07) is 22.4. The van der Waals surface area contributed by atoms with Gasteiger partial charge in [0.2, 0.25) is 0 Å². The summed E-state index contributed by atoms with van der Waals surface area (Å²) in [5, 5.41) is 17.1. The summed E-state index contributed by atoms with van der Waals surface area (Å²) in [5.74, 6) is -1.54. The van der Waals surface area contributed by atoms with Crippen molar-refractivity contribution in [3.8, 4) is 0 Å². The Kier molecular flexibility index (Phi) is 7.73. The molecule has 3 N–H and O–H groups in total. The van der Waals surface area contributed by atoms with Gasteiger partial charge in [0.15, 0.2) is 0 Å². The van der Waals surface area contributed by atoms with E-state index < -0.39 is 26.8 Å². The average molecular weight is 532 g/mol. The van der Waals surface area contributed by atoms with Crippen LogP contribution in [0.15, 0.2) is 102 Å². The van der Waals surface area contributed by atoms with Gasteiger partial charge in [-0.15, -0.1) is 0 Å². The van der Waals surface area contributed by atoms with Crippen molar-refractivity contribution >= 4 is 38.9 Å². The highest BCUT2D eigenvalue weighted by atomic mass is 32.2. The Morgan fingerprint density at radius 3 is 2.29 bits per heavy atom. The van der Waals surface area contributed by atoms with Crippen molar-refractivity contribution in [2.75, 3.05) is 10.6 Å². The zero-order chi connectivity index (χ0) is 27.1. The lowest BCUT2D eigenvalue weighted by molar-refractivity contribution is -0.384. The van der Waals surface area contributed by atoms with Crippen LogP contribution >= 0.6 is 0 Å². The van der Waals surface area contributed by atoms with Gasteiger partial charge >= 0.3 is 0 Å². The molecule has 0 fully saturated rings. The third-order valence-corrected chi connectivity index (χ3v) is 6.65. The molecule has 192 valence electrons. The van der Waals surface area contributed by atoms with Gasteiger partial charge in [-0.1, -0.05) is 30.3 Å². The van der Waals surface area contributed by atoms with Crippen LogP contribution in [0.25, 0.3) is 0 Å². The lowest BCUT2D eigenvalue weighted by Gasteiger charge is -2.10. The first-order valence-corrected chi connectivity index (χ1v) is 12.7. The summed E-state index contributed by atoms with van der Waals surface area (Å²) in [4.78, 5) is 40.5. The Morgan fingerprint density at radius 1 is 0.842 bits per heavy atom. The first-order chi connectivity index (χ1) is 18.2. The lowest BCUT2D eigenvalue weighted by Crippen LogP contribution is -2.30. The van der Waals surface area contributed by atoms with E-state index in [4.69, 9.17) is 0 Å². The maximum Gasteiger partial charge on any atom is 0.293 e. The van der Waals surface area contributed by atoms with Gasteiger partial charge < -0.3 is 10.6 Å². The fourth-order valence-electron chi connectivity index (χ4n) is 3.44. The van der Waals surface area contributed by atoms with Crippen molar-refractivity contribution in [2.24, 2.45) is 0 Å². The monoisotopic (exact) mass is 531 g/mol. The minimum Gasteiger partial charge on any atom is -0.374 e. The van der Waals surface area contributed by atoms with E-state index in [9.17, 15) is 28.1 Å². The number of nitro benzene ring substituents is 1. The number of hydrogen-bond acceptors (Lipinski definition) is 8. The van der Waals surface area contributed by atoms with Crippen LogP contribution in [0.5, 0.6) is 0 Å². The molecule has 0 unspecified atom stereocenters. The van der Waals surface area contributed by atoms with Gasteiger partial charge in [0, 0.05) is 29.1 Å². The fraction of sp³-hybridized carbons (Fsp3) is 0.0385. The van der Waals surface area contributed by atoms with E-state index in [0.29, 0.717) is 5.69 Å². The van der Waals surface area contributed by atoms with Gasteiger partial charge in [-0.3, -0.25) is 24.7 Å². The molecule has 11 nitrogen and oxygen atoms in total. The van der Waals surface area contributed by atoms with Crippen molar-refractivity contribution in [2.45, 2.75) is 11.4 Å². The SMILES string of the molecule is O=C(Nc1cccc(C(=O)NS(=O)(=O)c2ccccc2)c1)c1ccc(NCc2ccccn2)c([N+](=O)[O-])c1. The zero-order valence-corrected chi connectivity index (χ0v) is 20.5. The molecule has 12 heteroatoms. The van der Waals surface area contributed by atoms with Crippen LogP contribution in [0, 0.1) is 10.1 Å². The van der Waals surface area contributed by atoms with Crippen molar-refractivity contribution in [1.82, 2.24) is 9.71 Å². The molecule has 3 aromatic carbocycles. The summed E-state index contributed by atoms with van der Waals surface area (Å²) < 4.78 is 26.9. The van der Waals surface area contributed by atoms with Gasteiger partial charge in [0.1, 0.15) is 5.69 Å². The maximum atomic E-state index is 12.8. The van der Waals surface area contributed by atoms with Crippen molar-refractivity contribution in [3.05, 3.63) is 124 Å². The molecule has 0 bridgehead atoms. The van der Waals surface area contributed by atoms with E-state index in [1.54, 1.807) is 30.5 Å². The van der Waals surface area contributed by atoms with E-state index in [1.807, 2.05) is 4.72 Å². The van der Waals surface area contributed by atoms with E-state index in [1.165, 1.54) is 60.7 Å². The summed E-state index contributed by atoms with van der Waals surface area (Å²) >= 11 is 0. The second-order valence-corrected chi connectivity index (χ2v) is 9.63. The third-order valence-electron chi connectivity index (χ3n) is 5.31. The molecule has 0 aliphatic rings. The molecule has 0 aliphatic carbocycles. The van der Waals surface area contributed by atoms with E-state index in [-0.39, 0.29) is 39.6 Å². The number of nitro groups is 1. The Morgan fingerprint density at radius 2 is 1.58 bits per heavy atom. The van der Waals surface area contributed by atoms with Crippen LogP contribution in [0.1, 0.15) is 26.4 Å². The molecule has 0 atom stereocenters. The molecule has 0 spiro atoms. The molecule has 2 amide bonds. The minimum absolute atomic E-state index is 0.0117. The Bertz CT molecular complexity index is 1600. The Hall–Kier alpha value is -5.10. The molecule has 4 rings (SSSR count). The second kappa shape index (κ2) is 11.3. The number of carbonyl (C=O) groups excluding carboxylic acids is 2. The maximum absolute atomic E-state index is 12.8. The summed E-state index contributed by atoms with van der Waals surface area (Å²) in [6.07, 6.45) is 1.61. The van der Waals surface area contributed by atoms with Gasteiger partial charge in [0.25, 0.3) is 27.5 Å². The highest BCUT2D eigenvalue weighted by Crippen LogP contribution is 2.26.